The quantitative estimate of drug-likeness (QED) is 0.850. The number of hydrogen-bond donors (Lipinski definition) is 1. The van der Waals surface area contributed by atoms with Gasteiger partial charge < -0.3 is 14.6 Å². The van der Waals surface area contributed by atoms with Crippen molar-refractivity contribution in [2.24, 2.45) is 5.92 Å². The molecule has 4 nitrogen and oxygen atoms in total. The van der Waals surface area contributed by atoms with Crippen molar-refractivity contribution in [3.8, 4) is 0 Å². The van der Waals surface area contributed by atoms with Crippen molar-refractivity contribution in [1.82, 2.24) is 0 Å². The number of aliphatic hydroxyl groups excluding tert-OH is 1. The summed E-state index contributed by atoms with van der Waals surface area (Å²) in [6.45, 7) is 1.91. The molecule has 124 valence electrons. The van der Waals surface area contributed by atoms with Crippen LogP contribution in [0, 0.1) is 5.92 Å². The first-order valence-electron chi connectivity index (χ1n) is 8.34. The highest BCUT2D eigenvalue weighted by Crippen LogP contribution is 2.46. The van der Waals surface area contributed by atoms with Crippen LogP contribution < -0.4 is 0 Å². The minimum atomic E-state index is -0.784. The molecular weight excluding hydrogens is 292 g/mol. The molecule has 1 spiro atoms. The standard InChI is InChI=1S/C19H24O4/c1-13(16(22-2)14-9-5-3-6-10-14)15-17(20)19(23-18(15)21)11-7-4-8-12-19/h3,5-6,9-10,13,16,20H,4,7-8,11-12H2,1-2H3/t13-,16+/m0/s1. The van der Waals surface area contributed by atoms with Gasteiger partial charge in [0.25, 0.3) is 0 Å². The molecule has 0 amide bonds. The fourth-order valence-corrected chi connectivity index (χ4v) is 3.91. The number of benzene rings is 1. The van der Waals surface area contributed by atoms with Crippen LogP contribution in [0.4, 0.5) is 0 Å². The second kappa shape index (κ2) is 6.36. The van der Waals surface area contributed by atoms with E-state index in [1.54, 1.807) is 7.11 Å². The maximum absolute atomic E-state index is 12.5. The van der Waals surface area contributed by atoms with Crippen LogP contribution in [-0.4, -0.2) is 23.8 Å². The number of ether oxygens (including phenoxy) is 2. The number of aliphatic hydroxyl groups is 1. The van der Waals surface area contributed by atoms with Crippen molar-refractivity contribution in [3.63, 3.8) is 0 Å². The Morgan fingerprint density at radius 2 is 1.83 bits per heavy atom. The second-order valence-electron chi connectivity index (χ2n) is 6.56. The number of carbonyl (C=O) groups is 1. The maximum Gasteiger partial charge on any atom is 0.338 e. The van der Waals surface area contributed by atoms with E-state index in [0.29, 0.717) is 18.4 Å². The molecule has 0 aromatic heterocycles. The molecule has 1 aliphatic carbocycles. The molecule has 4 heteroatoms. The topological polar surface area (TPSA) is 55.8 Å². The highest BCUT2D eigenvalue weighted by molar-refractivity contribution is 5.93. The van der Waals surface area contributed by atoms with Crippen LogP contribution >= 0.6 is 0 Å². The summed E-state index contributed by atoms with van der Waals surface area (Å²) in [6, 6.07) is 9.77. The summed E-state index contributed by atoms with van der Waals surface area (Å²) in [7, 11) is 1.63. The summed E-state index contributed by atoms with van der Waals surface area (Å²) in [4.78, 5) is 12.5. The summed E-state index contributed by atoms with van der Waals surface area (Å²) in [6.07, 6.45) is 4.21. The third-order valence-corrected chi connectivity index (χ3v) is 5.15. The number of rotatable bonds is 4. The summed E-state index contributed by atoms with van der Waals surface area (Å²) in [5, 5.41) is 10.8. The third kappa shape index (κ3) is 2.76. The number of methoxy groups -OCH3 is 1. The molecule has 23 heavy (non-hydrogen) atoms. The van der Waals surface area contributed by atoms with Gasteiger partial charge in [-0.15, -0.1) is 0 Å². The molecule has 2 aliphatic rings. The molecule has 3 rings (SSSR count). The number of hydrogen-bond acceptors (Lipinski definition) is 4. The summed E-state index contributed by atoms with van der Waals surface area (Å²) in [5.74, 6) is -0.529. The van der Waals surface area contributed by atoms with E-state index in [4.69, 9.17) is 9.47 Å². The Labute approximate surface area is 137 Å². The monoisotopic (exact) mass is 316 g/mol. The lowest BCUT2D eigenvalue weighted by atomic mass is 9.81. The van der Waals surface area contributed by atoms with E-state index < -0.39 is 11.6 Å². The summed E-state index contributed by atoms with van der Waals surface area (Å²) in [5.41, 5.74) is 0.580. The van der Waals surface area contributed by atoms with Crippen LogP contribution in [0.2, 0.25) is 0 Å². The fourth-order valence-electron chi connectivity index (χ4n) is 3.91. The van der Waals surface area contributed by atoms with Gasteiger partial charge in [-0.1, -0.05) is 43.7 Å². The second-order valence-corrected chi connectivity index (χ2v) is 6.56. The van der Waals surface area contributed by atoms with E-state index in [9.17, 15) is 9.90 Å². The van der Waals surface area contributed by atoms with Crippen LogP contribution in [-0.2, 0) is 14.3 Å². The van der Waals surface area contributed by atoms with E-state index in [1.807, 2.05) is 37.3 Å². The van der Waals surface area contributed by atoms with Crippen LogP contribution in [0.25, 0.3) is 0 Å². The van der Waals surface area contributed by atoms with Gasteiger partial charge in [0.15, 0.2) is 5.60 Å². The Kier molecular flexibility index (Phi) is 4.44. The van der Waals surface area contributed by atoms with Gasteiger partial charge in [0.2, 0.25) is 0 Å². The molecule has 1 aliphatic heterocycles. The average molecular weight is 316 g/mol. The zero-order valence-electron chi connectivity index (χ0n) is 13.7. The SMILES string of the molecule is CO[C@@H](c1ccccc1)[C@@H](C)C1=C(O)C2(CCCCC2)OC1=O. The van der Waals surface area contributed by atoms with Crippen molar-refractivity contribution in [3.05, 3.63) is 47.2 Å². The Morgan fingerprint density at radius 3 is 2.43 bits per heavy atom. The van der Waals surface area contributed by atoms with Gasteiger partial charge in [0.05, 0.1) is 11.7 Å². The van der Waals surface area contributed by atoms with Crippen molar-refractivity contribution >= 4 is 5.97 Å². The lowest BCUT2D eigenvalue weighted by Crippen LogP contribution is -2.34. The normalized spacial score (nSPS) is 23.0. The van der Waals surface area contributed by atoms with Crippen molar-refractivity contribution in [2.45, 2.75) is 50.7 Å². The smallest absolute Gasteiger partial charge is 0.338 e. The highest BCUT2D eigenvalue weighted by Gasteiger charge is 2.50. The van der Waals surface area contributed by atoms with Gasteiger partial charge in [-0.2, -0.15) is 0 Å². The molecule has 1 saturated carbocycles. The molecule has 1 aromatic carbocycles. The summed E-state index contributed by atoms with van der Waals surface area (Å²) < 4.78 is 11.3. The Bertz CT molecular complexity index is 599. The molecule has 2 atom stereocenters. The van der Waals surface area contributed by atoms with Crippen LogP contribution in [0.5, 0.6) is 0 Å². The Balaban J connectivity index is 1.93. The van der Waals surface area contributed by atoms with Crippen LogP contribution in [0.1, 0.15) is 50.7 Å². The van der Waals surface area contributed by atoms with Gasteiger partial charge in [0, 0.05) is 13.0 Å². The van der Waals surface area contributed by atoms with E-state index in [1.165, 1.54) is 0 Å². The van der Waals surface area contributed by atoms with Crippen LogP contribution in [0.15, 0.2) is 41.7 Å². The van der Waals surface area contributed by atoms with Crippen molar-refractivity contribution in [2.75, 3.05) is 7.11 Å². The third-order valence-electron chi connectivity index (χ3n) is 5.15. The largest absolute Gasteiger partial charge is 0.507 e. The minimum absolute atomic E-state index is 0.132. The van der Waals surface area contributed by atoms with E-state index in [0.717, 1.165) is 24.8 Å². The zero-order valence-corrected chi connectivity index (χ0v) is 13.7. The summed E-state index contributed by atoms with van der Waals surface area (Å²) >= 11 is 0. The molecule has 0 saturated heterocycles. The van der Waals surface area contributed by atoms with Gasteiger partial charge in [-0.3, -0.25) is 0 Å². The number of carbonyl (C=O) groups excluding carboxylic acids is 1. The molecule has 1 N–H and O–H groups in total. The van der Waals surface area contributed by atoms with E-state index in [2.05, 4.69) is 0 Å². The molecule has 1 fully saturated rings. The van der Waals surface area contributed by atoms with Crippen molar-refractivity contribution < 1.29 is 19.4 Å². The molecule has 1 heterocycles. The minimum Gasteiger partial charge on any atom is -0.507 e. The molecule has 1 aromatic rings. The first kappa shape index (κ1) is 16.1. The molecular formula is C19H24O4. The van der Waals surface area contributed by atoms with Crippen molar-refractivity contribution in [1.29, 1.82) is 0 Å². The predicted octanol–water partition coefficient (Wildman–Crippen LogP) is 4.08. The average Bonchev–Trinajstić information content (AvgIpc) is 2.80. The van der Waals surface area contributed by atoms with E-state index in [-0.39, 0.29) is 17.8 Å². The predicted molar refractivity (Wildman–Crippen MR) is 86.9 cm³/mol. The first-order valence-corrected chi connectivity index (χ1v) is 8.34. The number of esters is 1. The molecule has 0 bridgehead atoms. The molecule has 0 radical (unpaired) electrons. The van der Waals surface area contributed by atoms with Gasteiger partial charge in [0.1, 0.15) is 5.76 Å². The maximum atomic E-state index is 12.5. The van der Waals surface area contributed by atoms with Crippen LogP contribution in [0.3, 0.4) is 0 Å². The highest BCUT2D eigenvalue weighted by atomic mass is 16.6. The lowest BCUT2D eigenvalue weighted by molar-refractivity contribution is -0.151. The lowest BCUT2D eigenvalue weighted by Gasteiger charge is -2.31. The van der Waals surface area contributed by atoms with Gasteiger partial charge in [-0.25, -0.2) is 4.79 Å². The molecule has 0 unspecified atom stereocenters. The zero-order chi connectivity index (χ0) is 16.4. The fraction of sp³-hybridized carbons (Fsp3) is 0.526. The Hall–Kier alpha value is -1.81. The Morgan fingerprint density at radius 1 is 1.17 bits per heavy atom. The van der Waals surface area contributed by atoms with E-state index >= 15 is 0 Å². The van der Waals surface area contributed by atoms with Gasteiger partial charge in [-0.05, 0) is 31.2 Å². The first-order chi connectivity index (χ1) is 11.1. The van der Waals surface area contributed by atoms with Gasteiger partial charge >= 0.3 is 5.97 Å².